The van der Waals surface area contributed by atoms with E-state index in [0.29, 0.717) is 0 Å². The molecule has 0 saturated carbocycles. The first-order valence-electron chi connectivity index (χ1n) is 3.58. The molecule has 0 aliphatic heterocycles. The molecule has 1 rings (SSSR count). The van der Waals surface area contributed by atoms with Gasteiger partial charge in [-0.05, 0) is 19.1 Å². The van der Waals surface area contributed by atoms with Gasteiger partial charge < -0.3 is 0 Å². The van der Waals surface area contributed by atoms with Crippen molar-refractivity contribution in [1.82, 2.24) is 0 Å². The molecule has 0 radical (unpaired) electrons. The van der Waals surface area contributed by atoms with E-state index in [1.807, 2.05) is 6.92 Å². The molecule has 0 atom stereocenters. The van der Waals surface area contributed by atoms with Crippen LogP contribution in [0.4, 0.5) is 0 Å². The fraction of sp³-hybridized carbons (Fsp3) is 0.250. The number of benzene rings is 1. The highest BCUT2D eigenvalue weighted by Gasteiger charge is 2.06. The summed E-state index contributed by atoms with van der Waals surface area (Å²) in [6.45, 7) is 1.84. The second-order valence-corrected chi connectivity index (χ2v) is 4.62. The summed E-state index contributed by atoms with van der Waals surface area (Å²) in [6, 6.07) is 5.99. The van der Waals surface area contributed by atoms with E-state index in [0.717, 1.165) is 5.56 Å². The summed E-state index contributed by atoms with van der Waals surface area (Å²) >= 11 is 9.53. The molecule has 0 amide bonds. The summed E-state index contributed by atoms with van der Waals surface area (Å²) in [5.74, 6) is 0. The van der Waals surface area contributed by atoms with Crippen LogP contribution in [0.2, 0.25) is 0 Å². The third kappa shape index (κ3) is 7.88. The minimum Gasteiger partial charge on any atom is -0.282 e. The van der Waals surface area contributed by atoms with Gasteiger partial charge in [0.25, 0.3) is 10.1 Å². The Hall–Kier alpha value is -0.000000000000000111. The Labute approximate surface area is 106 Å². The normalized spacial score (nSPS) is 9.60. The number of rotatable bonds is 1. The number of aryl methyl sites for hydroxylation is 1. The predicted octanol–water partition coefficient (Wildman–Crippen LogP) is 3.09. The molecular formula is C8H11Cl3O3S. The molecule has 0 heterocycles. The van der Waals surface area contributed by atoms with Crippen molar-refractivity contribution in [3.63, 3.8) is 0 Å². The van der Waals surface area contributed by atoms with Gasteiger partial charge in [0.2, 0.25) is 0 Å². The van der Waals surface area contributed by atoms with Crippen LogP contribution in [-0.4, -0.2) is 18.3 Å². The smallest absolute Gasteiger partial charge is 0.282 e. The minimum absolute atomic E-state index is 0. The third-order valence-corrected chi connectivity index (χ3v) is 2.19. The first-order chi connectivity index (χ1) is 6.41. The van der Waals surface area contributed by atoms with Crippen LogP contribution < -0.4 is 0 Å². The van der Waals surface area contributed by atoms with Gasteiger partial charge in [0.1, 0.15) is 0 Å². The lowest BCUT2D eigenvalue weighted by Gasteiger charge is -1.95. The molecule has 0 aliphatic carbocycles. The van der Waals surface area contributed by atoms with Gasteiger partial charge in [-0.3, -0.25) is 4.55 Å². The zero-order valence-corrected chi connectivity index (χ0v) is 11.0. The van der Waals surface area contributed by atoms with Crippen molar-refractivity contribution in [2.24, 2.45) is 0 Å². The largest absolute Gasteiger partial charge is 0.294 e. The second-order valence-electron chi connectivity index (χ2n) is 2.39. The van der Waals surface area contributed by atoms with Gasteiger partial charge in [0, 0.05) is 0 Å². The standard InChI is InChI=1S/C7H8O3S.CH2Cl2.ClH/c1-6-2-4-7(5-3-6)11(8,9)10;2-1-3;/h2-5H,1H3,(H,8,9,10);1H2;1H. The van der Waals surface area contributed by atoms with Gasteiger partial charge in [-0.2, -0.15) is 8.42 Å². The van der Waals surface area contributed by atoms with Crippen LogP contribution in [0.5, 0.6) is 0 Å². The van der Waals surface area contributed by atoms with Crippen molar-refractivity contribution in [3.8, 4) is 0 Å². The van der Waals surface area contributed by atoms with E-state index in [-0.39, 0.29) is 22.6 Å². The molecule has 0 aromatic heterocycles. The van der Waals surface area contributed by atoms with Crippen molar-refractivity contribution in [1.29, 1.82) is 0 Å². The number of halogens is 3. The van der Waals surface area contributed by atoms with Crippen LogP contribution in [0, 0.1) is 6.92 Å². The van der Waals surface area contributed by atoms with E-state index in [2.05, 4.69) is 0 Å². The van der Waals surface area contributed by atoms with E-state index in [1.165, 1.54) is 12.1 Å². The van der Waals surface area contributed by atoms with Gasteiger partial charge >= 0.3 is 0 Å². The Morgan fingerprint density at radius 1 is 1.20 bits per heavy atom. The maximum atomic E-state index is 10.5. The van der Waals surface area contributed by atoms with E-state index in [4.69, 9.17) is 27.8 Å². The molecule has 0 unspecified atom stereocenters. The maximum Gasteiger partial charge on any atom is 0.294 e. The quantitative estimate of drug-likeness (QED) is 0.639. The fourth-order valence-electron chi connectivity index (χ4n) is 0.710. The molecule has 0 saturated heterocycles. The molecule has 3 nitrogen and oxygen atoms in total. The van der Waals surface area contributed by atoms with E-state index >= 15 is 0 Å². The van der Waals surface area contributed by atoms with Crippen molar-refractivity contribution in [2.45, 2.75) is 11.8 Å². The summed E-state index contributed by atoms with van der Waals surface area (Å²) in [4.78, 5) is -0.0666. The second kappa shape index (κ2) is 8.19. The van der Waals surface area contributed by atoms with Crippen LogP contribution in [0.25, 0.3) is 0 Å². The van der Waals surface area contributed by atoms with Gasteiger partial charge in [-0.25, -0.2) is 0 Å². The molecule has 1 aromatic carbocycles. The Bertz CT molecular complexity index is 361. The summed E-state index contributed by atoms with van der Waals surface area (Å²) in [6.07, 6.45) is 0. The predicted molar refractivity (Wildman–Crippen MR) is 64.8 cm³/mol. The van der Waals surface area contributed by atoms with E-state index in [1.54, 1.807) is 12.1 Å². The Balaban J connectivity index is 0. The molecule has 7 heteroatoms. The lowest BCUT2D eigenvalue weighted by Crippen LogP contribution is -1.96. The first-order valence-corrected chi connectivity index (χ1v) is 6.09. The van der Waals surface area contributed by atoms with Gasteiger partial charge in [0.05, 0.1) is 10.2 Å². The molecule has 88 valence electrons. The Morgan fingerprint density at radius 3 is 1.80 bits per heavy atom. The fourth-order valence-corrected chi connectivity index (χ4v) is 1.19. The van der Waals surface area contributed by atoms with E-state index in [9.17, 15) is 8.42 Å². The number of hydrogen-bond acceptors (Lipinski definition) is 2. The molecule has 0 spiro atoms. The average Bonchev–Trinajstić information content (AvgIpc) is 2.04. The highest BCUT2D eigenvalue weighted by atomic mass is 35.5. The molecule has 0 bridgehead atoms. The summed E-state index contributed by atoms with van der Waals surface area (Å²) in [5, 5.41) is 0.194. The maximum absolute atomic E-state index is 10.5. The first kappa shape index (κ1) is 17.4. The lowest BCUT2D eigenvalue weighted by atomic mass is 10.2. The zero-order valence-electron chi connectivity index (χ0n) is 7.85. The van der Waals surface area contributed by atoms with Crippen molar-refractivity contribution in [3.05, 3.63) is 29.8 Å². The highest BCUT2D eigenvalue weighted by Crippen LogP contribution is 2.08. The van der Waals surface area contributed by atoms with Crippen LogP contribution in [0.3, 0.4) is 0 Å². The molecule has 0 fully saturated rings. The SMILES string of the molecule is Cc1ccc(S(=O)(=O)O)cc1.Cl.ClCCl. The van der Waals surface area contributed by atoms with Crippen molar-refractivity contribution in [2.75, 3.05) is 5.34 Å². The van der Waals surface area contributed by atoms with Gasteiger partial charge in [0.15, 0.2) is 0 Å². The molecule has 15 heavy (non-hydrogen) atoms. The Morgan fingerprint density at radius 2 is 1.53 bits per heavy atom. The van der Waals surface area contributed by atoms with Crippen LogP contribution in [0.15, 0.2) is 29.2 Å². The monoisotopic (exact) mass is 292 g/mol. The molecule has 1 aromatic rings. The third-order valence-electron chi connectivity index (χ3n) is 1.32. The number of alkyl halides is 2. The topological polar surface area (TPSA) is 54.4 Å². The minimum atomic E-state index is -4.02. The van der Waals surface area contributed by atoms with Crippen LogP contribution >= 0.6 is 35.6 Å². The van der Waals surface area contributed by atoms with Crippen molar-refractivity contribution < 1.29 is 13.0 Å². The van der Waals surface area contributed by atoms with Crippen LogP contribution in [0.1, 0.15) is 5.56 Å². The molecular weight excluding hydrogens is 283 g/mol. The Kier molecular flexibility index (Phi) is 9.49. The van der Waals surface area contributed by atoms with Crippen molar-refractivity contribution >= 4 is 45.7 Å². The molecule has 0 aliphatic rings. The summed E-state index contributed by atoms with van der Waals surface area (Å²) in [5.41, 5.74) is 0.956. The van der Waals surface area contributed by atoms with Crippen LogP contribution in [-0.2, 0) is 10.1 Å². The van der Waals surface area contributed by atoms with E-state index < -0.39 is 10.1 Å². The molecule has 1 N–H and O–H groups in total. The average molecular weight is 294 g/mol. The lowest BCUT2D eigenvalue weighted by molar-refractivity contribution is 0.483. The summed E-state index contributed by atoms with van der Waals surface area (Å²) in [7, 11) is -4.02. The van der Waals surface area contributed by atoms with Gasteiger partial charge in [-0.1, -0.05) is 17.7 Å². The zero-order chi connectivity index (χ0) is 11.2. The highest BCUT2D eigenvalue weighted by molar-refractivity contribution is 7.85. The number of hydrogen-bond donors (Lipinski definition) is 1. The summed E-state index contributed by atoms with van der Waals surface area (Å²) < 4.78 is 29.6. The van der Waals surface area contributed by atoms with Gasteiger partial charge in [-0.15, -0.1) is 35.6 Å².